The van der Waals surface area contributed by atoms with Gasteiger partial charge in [-0.2, -0.15) is 0 Å². The van der Waals surface area contributed by atoms with Gasteiger partial charge in [0.25, 0.3) is 0 Å². The van der Waals surface area contributed by atoms with Gasteiger partial charge in [0, 0.05) is 0 Å². The fraction of sp³-hybridized carbons (Fsp3) is 0.917. The molecule has 0 aliphatic carbocycles. The Kier molecular flexibility index (Phi) is 370. The molecule has 0 aromatic heterocycles. The van der Waals surface area contributed by atoms with E-state index in [0.717, 1.165) is 0 Å². The summed E-state index contributed by atoms with van der Waals surface area (Å²) in [5.41, 5.74) is 0. The first kappa shape index (κ1) is 49.6. The smallest absolute Gasteiger partial charge is 0.0473 e. The maximum absolute atomic E-state index is 3.36. The van der Waals surface area contributed by atoms with Gasteiger partial charge in [0.05, 0.1) is 0 Å². The van der Waals surface area contributed by atoms with Gasteiger partial charge in [-0.05, 0) is 6.92 Å². The van der Waals surface area contributed by atoms with Crippen LogP contribution in [0.15, 0.2) is 12.7 Å². The summed E-state index contributed by atoms with van der Waals surface area (Å²) in [6.07, 6.45) is 10.5. The van der Waals surface area contributed by atoms with E-state index >= 15 is 0 Å². The minimum absolute atomic E-state index is 1.25. The molecule has 0 rings (SSSR count). The van der Waals surface area contributed by atoms with Crippen LogP contribution in [0.5, 0.6) is 0 Å². The average molecular weight is 351 g/mol. The summed E-state index contributed by atoms with van der Waals surface area (Å²) in [5.74, 6) is 0. The molecule has 0 spiro atoms. The van der Waals surface area contributed by atoms with Crippen LogP contribution >= 0.6 is 0 Å². The van der Waals surface area contributed by atoms with Gasteiger partial charge >= 0.3 is 0 Å². The molecule has 158 valence electrons. The van der Waals surface area contributed by atoms with Gasteiger partial charge < -0.3 is 0 Å². The van der Waals surface area contributed by atoms with Crippen molar-refractivity contribution < 1.29 is 0 Å². The molecule has 0 N–H and O–H groups in total. The van der Waals surface area contributed by atoms with Crippen molar-refractivity contribution in [3.05, 3.63) is 12.7 Å². The zero-order valence-electron chi connectivity index (χ0n) is 21.2. The molecule has 0 atom stereocenters. The van der Waals surface area contributed by atoms with Crippen LogP contribution in [-0.4, -0.2) is 0 Å². The fourth-order valence-corrected chi connectivity index (χ4v) is 0. The van der Waals surface area contributed by atoms with Crippen LogP contribution in [0.25, 0.3) is 0 Å². The molecule has 0 radical (unpaired) electrons. The Morgan fingerprint density at radius 1 is 0.375 bits per heavy atom. The second-order valence-corrected chi connectivity index (χ2v) is 5.36. The number of rotatable bonds is 0. The van der Waals surface area contributed by atoms with Crippen molar-refractivity contribution in [1.29, 1.82) is 0 Å². The predicted molar refractivity (Wildman–Crippen MR) is 128 cm³/mol. The molecule has 0 heteroatoms. The van der Waals surface area contributed by atoms with E-state index < -0.39 is 0 Å². The van der Waals surface area contributed by atoms with Crippen molar-refractivity contribution in [1.82, 2.24) is 0 Å². The molecular weight excluding hydrogens is 288 g/mol. The molecule has 24 heavy (non-hydrogen) atoms. The Labute approximate surface area is 161 Å². The highest BCUT2D eigenvalue weighted by molar-refractivity contribution is 4.51. The second-order valence-electron chi connectivity index (χ2n) is 5.36. The van der Waals surface area contributed by atoms with Crippen LogP contribution < -0.4 is 0 Å². The summed E-state index contributed by atoms with van der Waals surface area (Å²) >= 11 is 0. The average Bonchev–Trinajstić information content (AvgIpc) is 2.45. The largest absolute Gasteiger partial charge is 0.103 e. The first-order valence-electron chi connectivity index (χ1n) is 10.9. The third kappa shape index (κ3) is 138000. The first-order chi connectivity index (χ1) is 11.3. The lowest BCUT2D eigenvalue weighted by atomic mass is 10.6. The van der Waals surface area contributed by atoms with E-state index in [2.05, 4.69) is 104 Å². The number of hydrogen-bond acceptors (Lipinski definition) is 0. The quantitative estimate of drug-likeness (QED) is 0.381. The second kappa shape index (κ2) is 179. The Hall–Kier alpha value is -0.260. The Bertz CT molecular complexity index is 44.8. The summed E-state index contributed by atoms with van der Waals surface area (Å²) in [7, 11) is 0. The summed E-state index contributed by atoms with van der Waals surface area (Å²) in [6.45, 7) is 35.0. The van der Waals surface area contributed by atoms with Crippen LogP contribution in [0.1, 0.15) is 149 Å². The van der Waals surface area contributed by atoms with E-state index in [9.17, 15) is 0 Å². The topological polar surface area (TPSA) is 0 Å². The highest BCUT2D eigenvalue weighted by atomic mass is 13.4. The molecule has 0 nitrogen and oxygen atoms in total. The van der Waals surface area contributed by atoms with Crippen molar-refractivity contribution in [2.75, 3.05) is 0 Å². The zero-order valence-corrected chi connectivity index (χ0v) is 21.2. The first-order valence-corrected chi connectivity index (χ1v) is 10.9. The van der Waals surface area contributed by atoms with Gasteiger partial charge in [-0.3, -0.25) is 0 Å². The Balaban J connectivity index is -0.0000000203. The molecule has 0 bridgehead atoms. The minimum Gasteiger partial charge on any atom is -0.103 e. The molecule has 0 saturated carbocycles. The zero-order chi connectivity index (χ0) is 21.7. The number of allylic oxidation sites excluding steroid dienone is 1. The fourth-order valence-electron chi connectivity index (χ4n) is 0. The van der Waals surface area contributed by atoms with Gasteiger partial charge in [-0.15, -0.1) is 6.58 Å². The summed E-state index contributed by atoms with van der Waals surface area (Å²) in [5, 5.41) is 0. The van der Waals surface area contributed by atoms with Crippen molar-refractivity contribution in [2.45, 2.75) is 149 Å². The Morgan fingerprint density at radius 3 is 0.375 bits per heavy atom. The lowest BCUT2D eigenvalue weighted by molar-refractivity contribution is 1.09. The molecule has 0 fully saturated rings. The van der Waals surface area contributed by atoms with E-state index in [4.69, 9.17) is 0 Å². The molecule has 0 unspecified atom stereocenters. The van der Waals surface area contributed by atoms with Gasteiger partial charge in [-0.1, -0.05) is 148 Å². The molecular formula is C24H62. The van der Waals surface area contributed by atoms with Crippen molar-refractivity contribution in [3.8, 4) is 0 Å². The van der Waals surface area contributed by atoms with Gasteiger partial charge in [0.15, 0.2) is 0 Å². The summed E-state index contributed by atoms with van der Waals surface area (Å²) in [4.78, 5) is 0. The van der Waals surface area contributed by atoms with Gasteiger partial charge in [0.1, 0.15) is 0 Å². The van der Waals surface area contributed by atoms with Gasteiger partial charge in [0.2, 0.25) is 0 Å². The maximum atomic E-state index is 3.36. The molecule has 0 amide bonds. The number of hydrogen-bond donors (Lipinski definition) is 0. The van der Waals surface area contributed by atoms with Crippen LogP contribution in [-0.2, 0) is 0 Å². The predicted octanol–water partition coefficient (Wildman–Crippen LogP) is 11.1. The third-order valence-corrected chi connectivity index (χ3v) is 0. The normalized spacial score (nSPS) is 5.79. The van der Waals surface area contributed by atoms with Crippen molar-refractivity contribution >= 4 is 0 Å². The SMILES string of the molecule is C=CC.CCC.CCC.CCC.CCC.CCC.CCC.CCC. The van der Waals surface area contributed by atoms with Crippen LogP contribution in [0.3, 0.4) is 0 Å². The maximum Gasteiger partial charge on any atom is -0.0473 e. The molecule has 0 aromatic rings. The van der Waals surface area contributed by atoms with Crippen LogP contribution in [0.4, 0.5) is 0 Å². The molecule has 0 saturated heterocycles. The van der Waals surface area contributed by atoms with E-state index in [1.165, 1.54) is 44.9 Å². The van der Waals surface area contributed by atoms with Crippen LogP contribution in [0, 0.1) is 0 Å². The molecule has 0 heterocycles. The Morgan fingerprint density at radius 2 is 0.375 bits per heavy atom. The highest BCUT2D eigenvalue weighted by Gasteiger charge is 1.37. The van der Waals surface area contributed by atoms with Crippen molar-refractivity contribution in [3.63, 3.8) is 0 Å². The van der Waals surface area contributed by atoms with Gasteiger partial charge in [-0.25, -0.2) is 0 Å². The monoisotopic (exact) mass is 350 g/mol. The van der Waals surface area contributed by atoms with E-state index in [0.29, 0.717) is 0 Å². The molecule has 0 aliphatic rings. The summed E-state index contributed by atoms with van der Waals surface area (Å²) in [6, 6.07) is 0. The minimum atomic E-state index is 1.25. The molecule has 0 aromatic carbocycles. The van der Waals surface area contributed by atoms with E-state index in [1.807, 2.05) is 6.92 Å². The van der Waals surface area contributed by atoms with Crippen molar-refractivity contribution in [2.24, 2.45) is 0 Å². The lowest BCUT2D eigenvalue weighted by Gasteiger charge is -1.48. The van der Waals surface area contributed by atoms with E-state index in [1.54, 1.807) is 6.08 Å². The summed E-state index contributed by atoms with van der Waals surface area (Å²) < 4.78 is 0. The standard InChI is InChI=1S/7C3H8.C3H6/c8*1-3-2/h7*3H2,1-2H3;3H,1H2,2H3. The van der Waals surface area contributed by atoms with Crippen LogP contribution in [0.2, 0.25) is 0 Å². The third-order valence-electron chi connectivity index (χ3n) is 0. The van der Waals surface area contributed by atoms with E-state index in [-0.39, 0.29) is 0 Å². The lowest BCUT2D eigenvalue weighted by Crippen LogP contribution is -1.27. The molecule has 0 aliphatic heterocycles. The highest BCUT2D eigenvalue weighted by Crippen LogP contribution is 1.58.